The molecule has 1 fully saturated rings. The zero-order valence-electron chi connectivity index (χ0n) is 20.6. The average Bonchev–Trinajstić information content (AvgIpc) is 3.38. The van der Waals surface area contributed by atoms with Crippen LogP contribution in [0.15, 0.2) is 42.7 Å². The van der Waals surface area contributed by atoms with Gasteiger partial charge in [0.25, 0.3) is 0 Å². The van der Waals surface area contributed by atoms with Crippen molar-refractivity contribution in [2.75, 3.05) is 13.2 Å². The summed E-state index contributed by atoms with van der Waals surface area (Å²) in [4.78, 5) is 4.18. The zero-order valence-corrected chi connectivity index (χ0v) is 21.3. The van der Waals surface area contributed by atoms with E-state index in [-0.39, 0.29) is 12.1 Å². The fourth-order valence-electron chi connectivity index (χ4n) is 4.40. The second-order valence-corrected chi connectivity index (χ2v) is 9.53. The van der Waals surface area contributed by atoms with Crippen LogP contribution in [-0.2, 0) is 11.3 Å². The van der Waals surface area contributed by atoms with E-state index in [0.29, 0.717) is 30.9 Å². The van der Waals surface area contributed by atoms with E-state index in [2.05, 4.69) is 39.7 Å². The van der Waals surface area contributed by atoms with Crippen LogP contribution in [0.1, 0.15) is 81.4 Å². The van der Waals surface area contributed by atoms with Crippen LogP contribution < -0.4 is 10.1 Å². The summed E-state index contributed by atoms with van der Waals surface area (Å²) in [6.07, 6.45) is 10.9. The molecule has 0 saturated heterocycles. The normalized spacial score (nSPS) is 16.2. The van der Waals surface area contributed by atoms with Gasteiger partial charge >= 0.3 is 0 Å². The van der Waals surface area contributed by atoms with Crippen molar-refractivity contribution in [3.05, 3.63) is 64.7 Å². The number of hydrogen-bond acceptors (Lipinski definition) is 7. The second kappa shape index (κ2) is 13.0. The molecule has 0 bridgehead atoms. The minimum atomic E-state index is -0.309. The van der Waals surface area contributed by atoms with E-state index < -0.39 is 0 Å². The van der Waals surface area contributed by atoms with E-state index in [1.54, 1.807) is 12.4 Å². The van der Waals surface area contributed by atoms with Gasteiger partial charge in [-0.25, -0.2) is 4.68 Å². The molecule has 9 heteroatoms. The summed E-state index contributed by atoms with van der Waals surface area (Å²) in [6, 6.07) is 9.40. The molecule has 2 atom stereocenters. The van der Waals surface area contributed by atoms with Crippen LogP contribution in [0.4, 0.5) is 0 Å². The molecule has 4 rings (SSSR count). The van der Waals surface area contributed by atoms with Gasteiger partial charge in [-0.2, -0.15) is 0 Å². The molecule has 35 heavy (non-hydrogen) atoms. The number of rotatable bonds is 12. The lowest BCUT2D eigenvalue weighted by Gasteiger charge is -2.25. The van der Waals surface area contributed by atoms with Crippen LogP contribution in [0, 0.1) is 0 Å². The van der Waals surface area contributed by atoms with Gasteiger partial charge in [0.1, 0.15) is 12.4 Å². The van der Waals surface area contributed by atoms with Gasteiger partial charge < -0.3 is 14.8 Å². The molecule has 1 aromatic carbocycles. The molecule has 1 N–H and O–H groups in total. The smallest absolute Gasteiger partial charge is 0.173 e. The first-order chi connectivity index (χ1) is 17.2. The van der Waals surface area contributed by atoms with E-state index in [1.807, 2.05) is 35.0 Å². The van der Waals surface area contributed by atoms with Crippen LogP contribution in [0.2, 0.25) is 5.02 Å². The van der Waals surface area contributed by atoms with Crippen LogP contribution in [-0.4, -0.2) is 44.4 Å². The number of ether oxygens (including phenoxy) is 2. The number of aromatic nitrogens is 5. The SMILES string of the molecule is CCC(C)n1nnnc1C(NCCOC1CCCCC1)c1cc(Cl)ccc1OCc1cccnc1. The van der Waals surface area contributed by atoms with Gasteiger partial charge in [0.05, 0.1) is 24.8 Å². The Bertz CT molecular complexity index is 1040. The van der Waals surface area contributed by atoms with Gasteiger partial charge in [-0.1, -0.05) is 43.9 Å². The van der Waals surface area contributed by atoms with Crippen LogP contribution in [0.3, 0.4) is 0 Å². The number of nitrogens with one attached hydrogen (secondary N) is 1. The van der Waals surface area contributed by atoms with Crippen molar-refractivity contribution in [2.24, 2.45) is 0 Å². The summed E-state index contributed by atoms with van der Waals surface area (Å²) in [6.45, 7) is 5.91. The molecule has 0 amide bonds. The van der Waals surface area contributed by atoms with Crippen molar-refractivity contribution in [1.82, 2.24) is 30.5 Å². The molecule has 8 nitrogen and oxygen atoms in total. The number of benzene rings is 1. The summed E-state index contributed by atoms with van der Waals surface area (Å²) in [5.41, 5.74) is 1.88. The van der Waals surface area contributed by atoms with Crippen LogP contribution in [0.5, 0.6) is 5.75 Å². The lowest BCUT2D eigenvalue weighted by atomic mass is 9.98. The molecular formula is C26H35ClN6O2. The predicted molar refractivity (Wildman–Crippen MR) is 136 cm³/mol. The molecule has 0 radical (unpaired) electrons. The minimum absolute atomic E-state index is 0.154. The van der Waals surface area contributed by atoms with E-state index in [0.717, 1.165) is 42.0 Å². The van der Waals surface area contributed by atoms with Crippen molar-refractivity contribution in [3.63, 3.8) is 0 Å². The predicted octanol–water partition coefficient (Wildman–Crippen LogP) is 5.30. The van der Waals surface area contributed by atoms with Gasteiger partial charge in [-0.15, -0.1) is 5.10 Å². The van der Waals surface area contributed by atoms with E-state index >= 15 is 0 Å². The Balaban J connectivity index is 1.56. The molecule has 0 spiro atoms. The lowest BCUT2D eigenvalue weighted by molar-refractivity contribution is 0.0296. The first kappa shape index (κ1) is 25.5. The van der Waals surface area contributed by atoms with E-state index in [1.165, 1.54) is 19.3 Å². The highest BCUT2D eigenvalue weighted by Gasteiger charge is 2.26. The van der Waals surface area contributed by atoms with Crippen molar-refractivity contribution < 1.29 is 9.47 Å². The monoisotopic (exact) mass is 498 g/mol. The zero-order chi connectivity index (χ0) is 24.5. The number of nitrogens with zero attached hydrogens (tertiary/aromatic N) is 5. The molecule has 188 valence electrons. The Labute approximate surface area is 212 Å². The standard InChI is InChI=1S/C26H35ClN6O2/c1-3-19(2)33-26(30-31-32-33)25(29-14-15-34-22-9-5-4-6-10-22)23-16-21(27)11-12-24(23)35-18-20-8-7-13-28-17-20/h7-8,11-13,16-17,19,22,25,29H,3-6,9-10,14-15,18H2,1-2H3. The molecule has 2 unspecified atom stereocenters. The van der Waals surface area contributed by atoms with Gasteiger partial charge in [0.15, 0.2) is 5.82 Å². The number of tetrazole rings is 1. The highest BCUT2D eigenvalue weighted by atomic mass is 35.5. The molecule has 1 saturated carbocycles. The molecule has 2 heterocycles. The summed E-state index contributed by atoms with van der Waals surface area (Å²) in [7, 11) is 0. The fourth-order valence-corrected chi connectivity index (χ4v) is 4.58. The van der Waals surface area contributed by atoms with E-state index in [9.17, 15) is 0 Å². The number of pyridine rings is 1. The van der Waals surface area contributed by atoms with E-state index in [4.69, 9.17) is 21.1 Å². The first-order valence-electron chi connectivity index (χ1n) is 12.6. The third-order valence-electron chi connectivity index (χ3n) is 6.54. The summed E-state index contributed by atoms with van der Waals surface area (Å²) < 4.78 is 14.3. The Morgan fingerprint density at radius 1 is 1.20 bits per heavy atom. The molecular weight excluding hydrogens is 464 g/mol. The molecule has 1 aliphatic carbocycles. The van der Waals surface area contributed by atoms with Gasteiger partial charge in [-0.05, 0) is 60.9 Å². The Hall–Kier alpha value is -2.55. The first-order valence-corrected chi connectivity index (χ1v) is 13.0. The maximum absolute atomic E-state index is 6.46. The topological polar surface area (TPSA) is 87.0 Å². The quantitative estimate of drug-likeness (QED) is 0.339. The van der Waals surface area contributed by atoms with Crippen LogP contribution >= 0.6 is 11.6 Å². The third-order valence-corrected chi connectivity index (χ3v) is 6.78. The summed E-state index contributed by atoms with van der Waals surface area (Å²) in [5.74, 6) is 1.45. The van der Waals surface area contributed by atoms with Crippen molar-refractivity contribution in [2.45, 2.75) is 77.2 Å². The molecule has 1 aliphatic rings. The van der Waals surface area contributed by atoms with Crippen molar-refractivity contribution in [3.8, 4) is 5.75 Å². The summed E-state index contributed by atoms with van der Waals surface area (Å²) in [5, 5.41) is 16.9. The van der Waals surface area contributed by atoms with Gasteiger partial charge in [0.2, 0.25) is 0 Å². The van der Waals surface area contributed by atoms with Crippen LogP contribution in [0.25, 0.3) is 0 Å². The fraction of sp³-hybridized carbons (Fsp3) is 0.538. The maximum atomic E-state index is 6.46. The average molecular weight is 499 g/mol. The highest BCUT2D eigenvalue weighted by molar-refractivity contribution is 6.30. The highest BCUT2D eigenvalue weighted by Crippen LogP contribution is 2.33. The van der Waals surface area contributed by atoms with Crippen molar-refractivity contribution in [1.29, 1.82) is 0 Å². The Morgan fingerprint density at radius 2 is 2.06 bits per heavy atom. The second-order valence-electron chi connectivity index (χ2n) is 9.09. The lowest BCUT2D eigenvalue weighted by Crippen LogP contribution is -2.31. The third kappa shape index (κ3) is 6.99. The number of hydrogen-bond donors (Lipinski definition) is 1. The Morgan fingerprint density at radius 3 is 2.83 bits per heavy atom. The van der Waals surface area contributed by atoms with Gasteiger partial charge in [-0.3, -0.25) is 4.98 Å². The minimum Gasteiger partial charge on any atom is -0.488 e. The summed E-state index contributed by atoms with van der Waals surface area (Å²) >= 11 is 6.46. The van der Waals surface area contributed by atoms with Crippen molar-refractivity contribution >= 4 is 11.6 Å². The number of halogens is 1. The molecule has 2 aromatic heterocycles. The molecule has 0 aliphatic heterocycles. The maximum Gasteiger partial charge on any atom is 0.173 e. The largest absolute Gasteiger partial charge is 0.488 e. The Kier molecular flexibility index (Phi) is 9.45. The van der Waals surface area contributed by atoms with Gasteiger partial charge in [0, 0.05) is 35.1 Å². The molecule has 3 aromatic rings.